The van der Waals surface area contributed by atoms with Gasteiger partial charge in [-0.1, -0.05) is 24.3 Å². The molecule has 0 unspecified atom stereocenters. The van der Waals surface area contributed by atoms with E-state index in [1.807, 2.05) is 18.2 Å². The van der Waals surface area contributed by atoms with E-state index in [1.54, 1.807) is 31.2 Å². The second-order valence-electron chi connectivity index (χ2n) is 3.98. The standard InChI is InChI=1S/C14H14N2O/c1-9(17)10-2-4-11(5-3-10)13-8-12(15)6-7-14(13)16/h2-8H,15-16H2,1H3. The summed E-state index contributed by atoms with van der Waals surface area (Å²) in [4.78, 5) is 11.2. The summed E-state index contributed by atoms with van der Waals surface area (Å²) in [5.41, 5.74) is 15.5. The number of nitrogens with two attached hydrogens (primary N) is 2. The normalized spacial score (nSPS) is 10.2. The van der Waals surface area contributed by atoms with Crippen molar-refractivity contribution in [2.75, 3.05) is 11.5 Å². The molecule has 2 rings (SSSR count). The Morgan fingerprint density at radius 2 is 1.65 bits per heavy atom. The van der Waals surface area contributed by atoms with Crippen molar-refractivity contribution in [2.24, 2.45) is 0 Å². The van der Waals surface area contributed by atoms with E-state index >= 15 is 0 Å². The molecule has 2 aromatic rings. The van der Waals surface area contributed by atoms with Crippen LogP contribution in [0.5, 0.6) is 0 Å². The number of nitrogen functional groups attached to an aromatic ring is 2. The Balaban J connectivity index is 2.46. The topological polar surface area (TPSA) is 69.1 Å². The molecular formula is C14H14N2O. The molecule has 0 aliphatic rings. The number of carbonyl (C=O) groups excluding carboxylic acids is 1. The molecule has 86 valence electrons. The van der Waals surface area contributed by atoms with Gasteiger partial charge in [-0.2, -0.15) is 0 Å². The number of hydrogen-bond donors (Lipinski definition) is 2. The van der Waals surface area contributed by atoms with Gasteiger partial charge in [0.25, 0.3) is 0 Å². The lowest BCUT2D eigenvalue weighted by molar-refractivity contribution is 0.101. The third kappa shape index (κ3) is 2.28. The van der Waals surface area contributed by atoms with Crippen molar-refractivity contribution < 1.29 is 4.79 Å². The molecule has 0 aliphatic carbocycles. The average Bonchev–Trinajstić information content (AvgIpc) is 2.32. The van der Waals surface area contributed by atoms with E-state index in [0.717, 1.165) is 11.1 Å². The number of Topliss-reactive ketones (excluding diaryl/α,β-unsaturated/α-hetero) is 1. The molecule has 0 aliphatic heterocycles. The molecule has 0 fully saturated rings. The number of carbonyl (C=O) groups is 1. The van der Waals surface area contributed by atoms with E-state index < -0.39 is 0 Å². The van der Waals surface area contributed by atoms with Crippen LogP contribution in [0.25, 0.3) is 11.1 Å². The van der Waals surface area contributed by atoms with Gasteiger partial charge < -0.3 is 11.5 Å². The monoisotopic (exact) mass is 226 g/mol. The highest BCUT2D eigenvalue weighted by Crippen LogP contribution is 2.28. The lowest BCUT2D eigenvalue weighted by atomic mass is 10.0. The lowest BCUT2D eigenvalue weighted by Gasteiger charge is -2.07. The SMILES string of the molecule is CC(=O)c1ccc(-c2cc(N)ccc2N)cc1. The maximum atomic E-state index is 11.2. The molecule has 2 aromatic carbocycles. The van der Waals surface area contributed by atoms with Gasteiger partial charge in [-0.05, 0) is 30.7 Å². The largest absolute Gasteiger partial charge is 0.399 e. The Hall–Kier alpha value is -2.29. The molecule has 0 saturated carbocycles. The molecule has 0 aromatic heterocycles. The first-order valence-electron chi connectivity index (χ1n) is 5.34. The van der Waals surface area contributed by atoms with Crippen LogP contribution in [0.1, 0.15) is 17.3 Å². The van der Waals surface area contributed by atoms with Crippen LogP contribution in [0.3, 0.4) is 0 Å². The van der Waals surface area contributed by atoms with Crippen LogP contribution in [0.4, 0.5) is 11.4 Å². The number of rotatable bonds is 2. The van der Waals surface area contributed by atoms with Gasteiger partial charge in [0, 0.05) is 22.5 Å². The minimum atomic E-state index is 0.0529. The number of anilines is 2. The minimum absolute atomic E-state index is 0.0529. The molecule has 3 heteroatoms. The number of hydrogen-bond acceptors (Lipinski definition) is 3. The van der Waals surface area contributed by atoms with Crippen LogP contribution in [-0.4, -0.2) is 5.78 Å². The first kappa shape index (κ1) is 11.2. The van der Waals surface area contributed by atoms with E-state index in [-0.39, 0.29) is 5.78 Å². The zero-order valence-electron chi connectivity index (χ0n) is 9.60. The summed E-state index contributed by atoms with van der Waals surface area (Å²) in [6, 6.07) is 12.7. The highest BCUT2D eigenvalue weighted by Gasteiger charge is 2.04. The fourth-order valence-corrected chi connectivity index (χ4v) is 1.71. The summed E-state index contributed by atoms with van der Waals surface area (Å²) in [5.74, 6) is 0.0529. The fourth-order valence-electron chi connectivity index (χ4n) is 1.71. The summed E-state index contributed by atoms with van der Waals surface area (Å²) in [6.07, 6.45) is 0. The smallest absolute Gasteiger partial charge is 0.159 e. The van der Waals surface area contributed by atoms with Gasteiger partial charge in [0.2, 0.25) is 0 Å². The molecule has 0 spiro atoms. The third-order valence-corrected chi connectivity index (χ3v) is 2.68. The maximum Gasteiger partial charge on any atom is 0.159 e. The number of ketones is 1. The third-order valence-electron chi connectivity index (χ3n) is 2.68. The van der Waals surface area contributed by atoms with Crippen LogP contribution in [0.15, 0.2) is 42.5 Å². The van der Waals surface area contributed by atoms with Gasteiger partial charge in [0.1, 0.15) is 0 Å². The van der Waals surface area contributed by atoms with E-state index in [9.17, 15) is 4.79 Å². The molecule has 0 heterocycles. The molecule has 0 amide bonds. The van der Waals surface area contributed by atoms with E-state index in [2.05, 4.69) is 0 Å². The van der Waals surface area contributed by atoms with Gasteiger partial charge in [-0.25, -0.2) is 0 Å². The summed E-state index contributed by atoms with van der Waals surface area (Å²) in [5, 5.41) is 0. The zero-order valence-corrected chi connectivity index (χ0v) is 9.60. The fraction of sp³-hybridized carbons (Fsp3) is 0.0714. The lowest BCUT2D eigenvalue weighted by Crippen LogP contribution is -1.94. The van der Waals surface area contributed by atoms with Crippen molar-refractivity contribution in [3.05, 3.63) is 48.0 Å². The van der Waals surface area contributed by atoms with Crippen molar-refractivity contribution >= 4 is 17.2 Å². The van der Waals surface area contributed by atoms with Crippen LogP contribution in [0.2, 0.25) is 0 Å². The minimum Gasteiger partial charge on any atom is -0.399 e. The summed E-state index contributed by atoms with van der Waals surface area (Å²) < 4.78 is 0. The predicted molar refractivity (Wildman–Crippen MR) is 70.7 cm³/mol. The van der Waals surface area contributed by atoms with Gasteiger partial charge in [0.15, 0.2) is 5.78 Å². The summed E-state index contributed by atoms with van der Waals surface area (Å²) in [6.45, 7) is 1.55. The van der Waals surface area contributed by atoms with Crippen molar-refractivity contribution in [3.63, 3.8) is 0 Å². The Morgan fingerprint density at radius 1 is 1.00 bits per heavy atom. The molecule has 0 bridgehead atoms. The predicted octanol–water partition coefficient (Wildman–Crippen LogP) is 2.72. The summed E-state index contributed by atoms with van der Waals surface area (Å²) in [7, 11) is 0. The molecule has 0 radical (unpaired) electrons. The van der Waals surface area contributed by atoms with Crippen LogP contribution in [0, 0.1) is 0 Å². The first-order chi connectivity index (χ1) is 8.08. The van der Waals surface area contributed by atoms with Crippen LogP contribution < -0.4 is 11.5 Å². The van der Waals surface area contributed by atoms with E-state index in [4.69, 9.17) is 11.5 Å². The molecule has 4 N–H and O–H groups in total. The van der Waals surface area contributed by atoms with Crippen molar-refractivity contribution in [3.8, 4) is 11.1 Å². The first-order valence-corrected chi connectivity index (χ1v) is 5.34. The Bertz CT molecular complexity index is 559. The average molecular weight is 226 g/mol. The van der Waals surface area contributed by atoms with Crippen molar-refractivity contribution in [2.45, 2.75) is 6.92 Å². The second kappa shape index (κ2) is 4.29. The van der Waals surface area contributed by atoms with Crippen molar-refractivity contribution in [1.29, 1.82) is 0 Å². The molecule has 0 saturated heterocycles. The molecule has 17 heavy (non-hydrogen) atoms. The van der Waals surface area contributed by atoms with Crippen LogP contribution in [-0.2, 0) is 0 Å². The molecular weight excluding hydrogens is 212 g/mol. The Labute approximate surface area is 100 Å². The maximum absolute atomic E-state index is 11.2. The van der Waals surface area contributed by atoms with Gasteiger partial charge >= 0.3 is 0 Å². The Morgan fingerprint density at radius 3 is 2.24 bits per heavy atom. The van der Waals surface area contributed by atoms with E-state index in [0.29, 0.717) is 16.9 Å². The van der Waals surface area contributed by atoms with Gasteiger partial charge in [-0.15, -0.1) is 0 Å². The van der Waals surface area contributed by atoms with E-state index in [1.165, 1.54) is 0 Å². The Kier molecular flexibility index (Phi) is 2.83. The zero-order chi connectivity index (χ0) is 12.4. The summed E-state index contributed by atoms with van der Waals surface area (Å²) >= 11 is 0. The highest BCUT2D eigenvalue weighted by molar-refractivity contribution is 5.94. The van der Waals surface area contributed by atoms with Gasteiger partial charge in [-0.3, -0.25) is 4.79 Å². The quantitative estimate of drug-likeness (QED) is 0.611. The molecule has 0 atom stereocenters. The molecule has 3 nitrogen and oxygen atoms in total. The van der Waals surface area contributed by atoms with Crippen molar-refractivity contribution in [1.82, 2.24) is 0 Å². The highest BCUT2D eigenvalue weighted by atomic mass is 16.1. The van der Waals surface area contributed by atoms with Crippen LogP contribution >= 0.6 is 0 Å². The van der Waals surface area contributed by atoms with Gasteiger partial charge in [0.05, 0.1) is 0 Å². The second-order valence-corrected chi connectivity index (χ2v) is 3.98. The number of benzene rings is 2.